The fraction of sp³-hybridized carbons (Fsp3) is 0.462. The van der Waals surface area contributed by atoms with Crippen molar-refractivity contribution in [3.05, 3.63) is 29.6 Å². The van der Waals surface area contributed by atoms with Crippen LogP contribution in [0.4, 0.5) is 10.1 Å². The highest BCUT2D eigenvalue weighted by molar-refractivity contribution is 5.84. The molecule has 0 saturated carbocycles. The number of carbonyl (C=O) groups excluding carboxylic acids is 1. The molecule has 1 amide bonds. The van der Waals surface area contributed by atoms with Gasteiger partial charge in [0, 0.05) is 17.8 Å². The van der Waals surface area contributed by atoms with Crippen LogP contribution in [0, 0.1) is 5.82 Å². The van der Waals surface area contributed by atoms with Crippen molar-refractivity contribution < 1.29 is 19.0 Å². The third-order valence-electron chi connectivity index (χ3n) is 3.21. The highest BCUT2D eigenvalue weighted by Gasteiger charge is 2.29. The monoisotopic (exact) mass is 268 g/mol. The van der Waals surface area contributed by atoms with E-state index in [2.05, 4.69) is 0 Å². The Balaban J connectivity index is 2.41. The first-order valence-corrected chi connectivity index (χ1v) is 6.12. The van der Waals surface area contributed by atoms with E-state index in [0.29, 0.717) is 24.4 Å². The summed E-state index contributed by atoms with van der Waals surface area (Å²) in [6.45, 7) is 2.68. The summed E-state index contributed by atoms with van der Waals surface area (Å²) in [6, 6.07) is 3.53. The first-order valence-electron chi connectivity index (χ1n) is 6.12. The Kier molecular flexibility index (Phi) is 4.01. The molecular weight excluding hydrogens is 251 g/mol. The molecule has 0 radical (unpaired) electrons. The van der Waals surface area contributed by atoms with Gasteiger partial charge in [-0.3, -0.25) is 4.79 Å². The average molecular weight is 268 g/mol. The molecule has 1 aliphatic heterocycles. The van der Waals surface area contributed by atoms with E-state index < -0.39 is 23.9 Å². The number of amides is 1. The van der Waals surface area contributed by atoms with Crippen LogP contribution in [-0.4, -0.2) is 36.8 Å². The van der Waals surface area contributed by atoms with Crippen LogP contribution in [0.5, 0.6) is 0 Å². The van der Waals surface area contributed by atoms with Crippen LogP contribution in [0.25, 0.3) is 0 Å². The Morgan fingerprint density at radius 2 is 2.37 bits per heavy atom. The number of hydrogen-bond donors (Lipinski definition) is 2. The fourth-order valence-corrected chi connectivity index (χ4v) is 2.25. The van der Waals surface area contributed by atoms with Crippen molar-refractivity contribution in [2.75, 3.05) is 24.7 Å². The molecule has 1 saturated heterocycles. The van der Waals surface area contributed by atoms with Gasteiger partial charge in [0.1, 0.15) is 11.9 Å². The molecule has 1 fully saturated rings. The van der Waals surface area contributed by atoms with Gasteiger partial charge in [-0.2, -0.15) is 0 Å². The summed E-state index contributed by atoms with van der Waals surface area (Å²) >= 11 is 0. The molecule has 1 aliphatic rings. The minimum absolute atomic E-state index is 0.200. The number of rotatable bonds is 3. The summed E-state index contributed by atoms with van der Waals surface area (Å²) < 4.78 is 18.5. The van der Waals surface area contributed by atoms with Gasteiger partial charge in [0.25, 0.3) is 0 Å². The Hall–Kier alpha value is -1.66. The molecule has 0 aliphatic carbocycles. The van der Waals surface area contributed by atoms with E-state index in [4.69, 9.17) is 10.5 Å². The maximum atomic E-state index is 13.3. The van der Waals surface area contributed by atoms with E-state index in [9.17, 15) is 14.3 Å². The van der Waals surface area contributed by atoms with Crippen LogP contribution in [0.3, 0.4) is 0 Å². The number of nitrogens with zero attached hydrogens (tertiary/aromatic N) is 1. The zero-order valence-corrected chi connectivity index (χ0v) is 10.7. The Labute approximate surface area is 110 Å². The maximum Gasteiger partial charge on any atom is 0.242 e. The van der Waals surface area contributed by atoms with Crippen LogP contribution in [0.1, 0.15) is 18.6 Å². The number of ether oxygens (including phenoxy) is 1. The van der Waals surface area contributed by atoms with Crippen molar-refractivity contribution in [2.45, 2.75) is 19.1 Å². The summed E-state index contributed by atoms with van der Waals surface area (Å²) in [5.74, 6) is -0.927. The molecule has 1 heterocycles. The minimum Gasteiger partial charge on any atom is -0.389 e. The van der Waals surface area contributed by atoms with Crippen molar-refractivity contribution >= 4 is 11.6 Å². The van der Waals surface area contributed by atoms with Gasteiger partial charge in [0.05, 0.1) is 19.3 Å². The number of aliphatic hydroxyl groups excluding tert-OH is 1. The molecule has 2 atom stereocenters. The molecule has 3 N–H and O–H groups in total. The molecule has 19 heavy (non-hydrogen) atoms. The van der Waals surface area contributed by atoms with Gasteiger partial charge in [-0.25, -0.2) is 4.39 Å². The van der Waals surface area contributed by atoms with E-state index in [1.807, 2.05) is 0 Å². The summed E-state index contributed by atoms with van der Waals surface area (Å²) in [5, 5.41) is 9.74. The summed E-state index contributed by atoms with van der Waals surface area (Å²) in [7, 11) is 0. The molecule has 2 rings (SSSR count). The standard InChI is InChI=1S/C13H17FN2O3/c1-8(17)10-6-9(14)2-3-11(10)16-4-5-19-7-12(16)13(15)18/h2-3,6,8,12,17H,4-5,7H2,1H3,(H2,15,18)/t8-,12?/m1/s1. The Morgan fingerprint density at radius 1 is 1.63 bits per heavy atom. The predicted octanol–water partition coefficient (Wildman–Crippen LogP) is 0.569. The Bertz CT molecular complexity index is 479. The van der Waals surface area contributed by atoms with E-state index in [-0.39, 0.29) is 6.61 Å². The van der Waals surface area contributed by atoms with Crippen LogP contribution in [0.2, 0.25) is 0 Å². The quantitative estimate of drug-likeness (QED) is 0.840. The second-order valence-electron chi connectivity index (χ2n) is 4.57. The largest absolute Gasteiger partial charge is 0.389 e. The first-order chi connectivity index (χ1) is 9.00. The van der Waals surface area contributed by atoms with E-state index in [0.717, 1.165) is 0 Å². The van der Waals surface area contributed by atoms with Gasteiger partial charge in [-0.15, -0.1) is 0 Å². The lowest BCUT2D eigenvalue weighted by Gasteiger charge is -2.36. The number of morpholine rings is 1. The second kappa shape index (κ2) is 5.54. The summed E-state index contributed by atoms with van der Waals surface area (Å²) in [6.07, 6.45) is -0.831. The van der Waals surface area contributed by atoms with Gasteiger partial charge in [0.2, 0.25) is 5.91 Å². The van der Waals surface area contributed by atoms with Crippen molar-refractivity contribution in [3.8, 4) is 0 Å². The number of aliphatic hydroxyl groups is 1. The SMILES string of the molecule is C[C@@H](O)c1cc(F)ccc1N1CCOCC1C(N)=O. The number of carbonyl (C=O) groups is 1. The molecular formula is C13H17FN2O3. The molecule has 1 aromatic carbocycles. The maximum absolute atomic E-state index is 13.3. The van der Waals surface area contributed by atoms with Gasteiger partial charge >= 0.3 is 0 Å². The van der Waals surface area contributed by atoms with E-state index >= 15 is 0 Å². The molecule has 6 heteroatoms. The normalized spacial score (nSPS) is 21.2. The number of primary amides is 1. The minimum atomic E-state index is -0.831. The van der Waals surface area contributed by atoms with E-state index in [1.165, 1.54) is 12.1 Å². The number of benzene rings is 1. The second-order valence-corrected chi connectivity index (χ2v) is 4.57. The van der Waals surface area contributed by atoms with Crippen molar-refractivity contribution in [2.24, 2.45) is 5.73 Å². The van der Waals surface area contributed by atoms with Gasteiger partial charge < -0.3 is 20.5 Å². The predicted molar refractivity (Wildman–Crippen MR) is 68.2 cm³/mol. The number of anilines is 1. The average Bonchev–Trinajstić information content (AvgIpc) is 2.38. The van der Waals surface area contributed by atoms with Crippen LogP contribution in [-0.2, 0) is 9.53 Å². The topological polar surface area (TPSA) is 75.8 Å². The summed E-state index contributed by atoms with van der Waals surface area (Å²) in [5.41, 5.74) is 6.41. The lowest BCUT2D eigenvalue weighted by molar-refractivity contribution is -0.121. The zero-order chi connectivity index (χ0) is 14.0. The van der Waals surface area contributed by atoms with Gasteiger partial charge in [-0.05, 0) is 25.1 Å². The highest BCUT2D eigenvalue weighted by atomic mass is 19.1. The zero-order valence-electron chi connectivity index (χ0n) is 10.7. The Morgan fingerprint density at radius 3 is 3.00 bits per heavy atom. The lowest BCUT2D eigenvalue weighted by atomic mass is 10.0. The van der Waals surface area contributed by atoms with Gasteiger partial charge in [0.15, 0.2) is 0 Å². The van der Waals surface area contributed by atoms with E-state index in [1.54, 1.807) is 17.9 Å². The van der Waals surface area contributed by atoms with Crippen molar-refractivity contribution in [1.82, 2.24) is 0 Å². The molecule has 5 nitrogen and oxygen atoms in total. The van der Waals surface area contributed by atoms with Crippen molar-refractivity contribution in [1.29, 1.82) is 0 Å². The molecule has 1 aromatic rings. The number of hydrogen-bond acceptors (Lipinski definition) is 4. The number of halogens is 1. The highest BCUT2D eigenvalue weighted by Crippen LogP contribution is 2.29. The molecule has 104 valence electrons. The lowest BCUT2D eigenvalue weighted by Crippen LogP contribution is -2.53. The third-order valence-corrected chi connectivity index (χ3v) is 3.21. The van der Waals surface area contributed by atoms with Crippen molar-refractivity contribution in [3.63, 3.8) is 0 Å². The first kappa shape index (κ1) is 13.8. The fourth-order valence-electron chi connectivity index (χ4n) is 2.25. The van der Waals surface area contributed by atoms with Crippen LogP contribution < -0.4 is 10.6 Å². The number of nitrogens with two attached hydrogens (primary N) is 1. The molecule has 0 bridgehead atoms. The third kappa shape index (κ3) is 2.85. The summed E-state index contributed by atoms with van der Waals surface area (Å²) in [4.78, 5) is 13.2. The smallest absolute Gasteiger partial charge is 0.242 e. The van der Waals surface area contributed by atoms with Gasteiger partial charge in [-0.1, -0.05) is 0 Å². The molecule has 0 aromatic heterocycles. The molecule has 0 spiro atoms. The molecule has 1 unspecified atom stereocenters. The van der Waals surface area contributed by atoms with Crippen LogP contribution in [0.15, 0.2) is 18.2 Å². The van der Waals surface area contributed by atoms with Crippen LogP contribution >= 0.6 is 0 Å².